The molecule has 84 valence electrons. The van der Waals surface area contributed by atoms with Crippen LogP contribution in [0.15, 0.2) is 42.2 Å². The van der Waals surface area contributed by atoms with Crippen LogP contribution in [0.1, 0.15) is 5.56 Å². The second-order valence-electron chi connectivity index (χ2n) is 3.56. The van der Waals surface area contributed by atoms with E-state index in [9.17, 15) is 4.39 Å². The van der Waals surface area contributed by atoms with E-state index in [1.165, 1.54) is 12.1 Å². The van der Waals surface area contributed by atoms with Crippen molar-refractivity contribution in [1.29, 1.82) is 0 Å². The van der Waals surface area contributed by atoms with Gasteiger partial charge in [-0.1, -0.05) is 17.7 Å². The van der Waals surface area contributed by atoms with Crippen molar-refractivity contribution in [3.63, 3.8) is 0 Å². The van der Waals surface area contributed by atoms with Gasteiger partial charge in [0.1, 0.15) is 5.82 Å². The van der Waals surface area contributed by atoms with E-state index in [1.807, 2.05) is 0 Å². The first kappa shape index (κ1) is 11.0. The Bertz CT molecular complexity index is 484. The number of rotatable bonds is 1. The molecule has 1 unspecified atom stereocenters. The van der Waals surface area contributed by atoms with Crippen LogP contribution in [0.3, 0.4) is 0 Å². The number of hydrogen-bond donors (Lipinski definition) is 3. The molecule has 1 aliphatic rings. The Morgan fingerprint density at radius 1 is 1.38 bits per heavy atom. The molecule has 1 heterocycles. The van der Waals surface area contributed by atoms with Crippen LogP contribution >= 0.6 is 11.6 Å². The lowest BCUT2D eigenvalue weighted by atomic mass is 9.95. The third kappa shape index (κ3) is 1.66. The van der Waals surface area contributed by atoms with Crippen LogP contribution in [0.5, 0.6) is 0 Å². The molecule has 0 fully saturated rings. The summed E-state index contributed by atoms with van der Waals surface area (Å²) in [5, 5.41) is 2.96. The number of nitrogens with one attached hydrogen (secondary N) is 1. The maximum absolute atomic E-state index is 13.3. The topological polar surface area (TPSA) is 64.1 Å². The van der Waals surface area contributed by atoms with Gasteiger partial charge in [0.25, 0.3) is 0 Å². The third-order valence-electron chi connectivity index (χ3n) is 2.51. The first-order valence-electron chi connectivity index (χ1n) is 4.69. The normalized spacial score (nSPS) is 23.8. The van der Waals surface area contributed by atoms with Gasteiger partial charge in [-0.15, -0.1) is 0 Å². The fourth-order valence-electron chi connectivity index (χ4n) is 1.54. The van der Waals surface area contributed by atoms with Crippen LogP contribution in [-0.2, 0) is 5.66 Å². The Balaban J connectivity index is 2.47. The van der Waals surface area contributed by atoms with Crippen LogP contribution in [-0.4, -0.2) is 0 Å². The molecule has 0 amide bonds. The van der Waals surface area contributed by atoms with E-state index in [-0.39, 0.29) is 5.02 Å². The molecule has 1 aromatic carbocycles. The van der Waals surface area contributed by atoms with Crippen LogP contribution < -0.4 is 16.8 Å². The zero-order chi connectivity index (χ0) is 11.8. The van der Waals surface area contributed by atoms with Crippen molar-refractivity contribution >= 4 is 11.6 Å². The lowest BCUT2D eigenvalue weighted by molar-refractivity contribution is 0.453. The van der Waals surface area contributed by atoms with Crippen molar-refractivity contribution < 1.29 is 4.39 Å². The molecule has 1 atom stereocenters. The number of hydrogen-bond acceptors (Lipinski definition) is 3. The maximum Gasteiger partial charge on any atom is 0.153 e. The predicted octanol–water partition coefficient (Wildman–Crippen LogP) is 1.55. The maximum atomic E-state index is 13.3. The van der Waals surface area contributed by atoms with Gasteiger partial charge >= 0.3 is 0 Å². The lowest BCUT2D eigenvalue weighted by Gasteiger charge is -2.33. The highest BCUT2D eigenvalue weighted by Gasteiger charge is 2.30. The highest BCUT2D eigenvalue weighted by atomic mass is 35.5. The number of dihydropyridines is 1. The van der Waals surface area contributed by atoms with Crippen molar-refractivity contribution in [2.45, 2.75) is 5.66 Å². The Kier molecular flexibility index (Phi) is 2.61. The summed E-state index contributed by atoms with van der Waals surface area (Å²) >= 11 is 5.61. The number of nitrogens with two attached hydrogens (primary N) is 2. The highest BCUT2D eigenvalue weighted by molar-refractivity contribution is 6.30. The van der Waals surface area contributed by atoms with Crippen molar-refractivity contribution in [2.75, 3.05) is 0 Å². The highest BCUT2D eigenvalue weighted by Crippen LogP contribution is 2.26. The van der Waals surface area contributed by atoms with Gasteiger partial charge in [-0.2, -0.15) is 0 Å². The van der Waals surface area contributed by atoms with Crippen LogP contribution in [0.25, 0.3) is 0 Å². The Morgan fingerprint density at radius 3 is 2.75 bits per heavy atom. The van der Waals surface area contributed by atoms with Crippen molar-refractivity contribution in [1.82, 2.24) is 5.32 Å². The first-order chi connectivity index (χ1) is 7.54. The molecule has 0 saturated carbocycles. The Labute approximate surface area is 97.6 Å². The monoisotopic (exact) mass is 239 g/mol. The van der Waals surface area contributed by atoms with E-state index in [0.29, 0.717) is 11.3 Å². The van der Waals surface area contributed by atoms with Crippen LogP contribution in [0, 0.1) is 5.82 Å². The van der Waals surface area contributed by atoms with Crippen molar-refractivity contribution in [2.24, 2.45) is 11.5 Å². The molecule has 0 bridgehead atoms. The zero-order valence-corrected chi connectivity index (χ0v) is 9.13. The summed E-state index contributed by atoms with van der Waals surface area (Å²) < 4.78 is 13.3. The molecule has 1 aromatic rings. The average Bonchev–Trinajstić information content (AvgIpc) is 2.26. The van der Waals surface area contributed by atoms with E-state index in [0.717, 1.165) is 0 Å². The quantitative estimate of drug-likeness (QED) is 0.697. The molecule has 0 aromatic heterocycles. The fourth-order valence-corrected chi connectivity index (χ4v) is 1.66. The molecule has 5 N–H and O–H groups in total. The molecular formula is C11H11ClFN3. The van der Waals surface area contributed by atoms with Gasteiger partial charge in [-0.3, -0.25) is 5.73 Å². The number of allylic oxidation sites excluding steroid dienone is 2. The molecule has 2 rings (SSSR count). The van der Waals surface area contributed by atoms with E-state index in [2.05, 4.69) is 5.32 Å². The van der Waals surface area contributed by atoms with E-state index >= 15 is 0 Å². The minimum absolute atomic E-state index is 0.0567. The SMILES string of the molecule is NC1=CC=CNC1(N)c1ccc(Cl)c(F)c1. The van der Waals surface area contributed by atoms with Gasteiger partial charge in [0.15, 0.2) is 5.66 Å². The largest absolute Gasteiger partial charge is 0.399 e. The predicted molar refractivity (Wildman–Crippen MR) is 61.8 cm³/mol. The molecule has 1 aliphatic heterocycles. The molecule has 5 heteroatoms. The summed E-state index contributed by atoms with van der Waals surface area (Å²) in [6.07, 6.45) is 5.05. The summed E-state index contributed by atoms with van der Waals surface area (Å²) in [6.45, 7) is 0. The summed E-state index contributed by atoms with van der Waals surface area (Å²) in [7, 11) is 0. The number of benzene rings is 1. The second kappa shape index (κ2) is 3.81. The number of halogens is 2. The van der Waals surface area contributed by atoms with E-state index < -0.39 is 11.5 Å². The van der Waals surface area contributed by atoms with E-state index in [4.69, 9.17) is 23.1 Å². The van der Waals surface area contributed by atoms with Gasteiger partial charge in [0.05, 0.1) is 10.7 Å². The lowest BCUT2D eigenvalue weighted by Crippen LogP contribution is -2.53. The molecule has 16 heavy (non-hydrogen) atoms. The summed E-state index contributed by atoms with van der Waals surface area (Å²) in [5.41, 5.74) is 11.7. The molecule has 3 nitrogen and oxygen atoms in total. The smallest absolute Gasteiger partial charge is 0.153 e. The van der Waals surface area contributed by atoms with Crippen molar-refractivity contribution in [3.05, 3.63) is 58.7 Å². The van der Waals surface area contributed by atoms with Crippen LogP contribution in [0.2, 0.25) is 5.02 Å². The minimum Gasteiger partial charge on any atom is -0.399 e. The van der Waals surface area contributed by atoms with Gasteiger partial charge in [0, 0.05) is 5.56 Å². The van der Waals surface area contributed by atoms with Gasteiger partial charge in [-0.25, -0.2) is 4.39 Å². The summed E-state index contributed by atoms with van der Waals surface area (Å²) in [6, 6.07) is 4.36. The standard InChI is InChI=1S/C11H11ClFN3/c12-8-4-3-7(6-9(8)13)11(15)10(14)2-1-5-16-11/h1-6,16H,14-15H2. The minimum atomic E-state index is -1.08. The molecular weight excluding hydrogens is 229 g/mol. The zero-order valence-electron chi connectivity index (χ0n) is 8.37. The van der Waals surface area contributed by atoms with Crippen LogP contribution in [0.4, 0.5) is 4.39 Å². The third-order valence-corrected chi connectivity index (χ3v) is 2.82. The van der Waals surface area contributed by atoms with Gasteiger partial charge < -0.3 is 11.1 Å². The van der Waals surface area contributed by atoms with Gasteiger partial charge in [0.2, 0.25) is 0 Å². The molecule has 0 radical (unpaired) electrons. The first-order valence-corrected chi connectivity index (χ1v) is 5.07. The molecule has 0 aliphatic carbocycles. The van der Waals surface area contributed by atoms with E-state index in [1.54, 1.807) is 24.4 Å². The van der Waals surface area contributed by atoms with Crippen molar-refractivity contribution in [3.8, 4) is 0 Å². The van der Waals surface area contributed by atoms with Gasteiger partial charge in [-0.05, 0) is 30.5 Å². The Hall–Kier alpha value is -1.52. The molecule has 0 spiro atoms. The fraction of sp³-hybridized carbons (Fsp3) is 0.0909. The summed E-state index contributed by atoms with van der Waals surface area (Å²) in [5.74, 6) is -0.520. The average molecular weight is 240 g/mol. The second-order valence-corrected chi connectivity index (χ2v) is 3.97. The summed E-state index contributed by atoms with van der Waals surface area (Å²) in [4.78, 5) is 0. The molecule has 0 saturated heterocycles. The Morgan fingerprint density at radius 2 is 2.12 bits per heavy atom.